The second-order valence-corrected chi connectivity index (χ2v) is 3.97. The van der Waals surface area contributed by atoms with Crippen LogP contribution in [0.3, 0.4) is 0 Å². The van der Waals surface area contributed by atoms with Crippen LogP contribution in [0.1, 0.15) is 11.1 Å². The van der Waals surface area contributed by atoms with Gasteiger partial charge in [0.05, 0.1) is 0 Å². The monoisotopic (exact) mass is 238 g/mol. The Morgan fingerprint density at radius 3 is 2.44 bits per heavy atom. The fourth-order valence-corrected chi connectivity index (χ4v) is 1.47. The number of hydrogen-bond donors (Lipinski definition) is 1. The Labute approximate surface area is 106 Å². The third kappa shape index (κ3) is 3.56. The van der Waals surface area contributed by atoms with Crippen molar-refractivity contribution >= 4 is 17.7 Å². The number of aromatic nitrogens is 1. The minimum absolute atomic E-state index is 0.143. The Kier molecular flexibility index (Phi) is 3.86. The van der Waals surface area contributed by atoms with E-state index in [1.807, 2.05) is 43.3 Å². The van der Waals surface area contributed by atoms with Crippen molar-refractivity contribution in [2.75, 3.05) is 5.32 Å². The number of carbonyl (C=O) groups is 1. The fraction of sp³-hybridized carbons (Fsp3) is 0.0667. The van der Waals surface area contributed by atoms with Crippen LogP contribution in [0.2, 0.25) is 0 Å². The quantitative estimate of drug-likeness (QED) is 0.835. The maximum absolute atomic E-state index is 11.7. The Hall–Kier alpha value is -2.42. The summed E-state index contributed by atoms with van der Waals surface area (Å²) in [5, 5.41) is 2.80. The van der Waals surface area contributed by atoms with Gasteiger partial charge in [0.1, 0.15) is 0 Å². The average molecular weight is 238 g/mol. The van der Waals surface area contributed by atoms with Gasteiger partial charge in [0.25, 0.3) is 0 Å². The van der Waals surface area contributed by atoms with Gasteiger partial charge in [-0.25, -0.2) is 0 Å². The molecule has 0 aliphatic heterocycles. The molecular formula is C15H14N2O. The van der Waals surface area contributed by atoms with E-state index in [0.717, 1.165) is 11.3 Å². The van der Waals surface area contributed by atoms with Crippen LogP contribution < -0.4 is 5.32 Å². The van der Waals surface area contributed by atoms with E-state index in [9.17, 15) is 4.79 Å². The molecule has 1 N–H and O–H groups in total. The van der Waals surface area contributed by atoms with E-state index in [2.05, 4.69) is 10.3 Å². The molecule has 3 nitrogen and oxygen atoms in total. The van der Waals surface area contributed by atoms with E-state index in [1.54, 1.807) is 18.5 Å². The van der Waals surface area contributed by atoms with Gasteiger partial charge in [0, 0.05) is 24.2 Å². The molecule has 1 aromatic heterocycles. The van der Waals surface area contributed by atoms with Crippen LogP contribution in [0.4, 0.5) is 5.69 Å². The molecule has 0 aliphatic carbocycles. The smallest absolute Gasteiger partial charge is 0.248 e. The van der Waals surface area contributed by atoms with E-state index in [4.69, 9.17) is 0 Å². The molecule has 18 heavy (non-hydrogen) atoms. The second-order valence-electron chi connectivity index (χ2n) is 3.97. The maximum Gasteiger partial charge on any atom is 0.248 e. The molecule has 0 spiro atoms. The first-order valence-electron chi connectivity index (χ1n) is 5.70. The van der Waals surface area contributed by atoms with Crippen molar-refractivity contribution in [2.45, 2.75) is 6.92 Å². The highest BCUT2D eigenvalue weighted by molar-refractivity contribution is 6.01. The van der Waals surface area contributed by atoms with Crippen LogP contribution >= 0.6 is 0 Å². The van der Waals surface area contributed by atoms with Gasteiger partial charge in [-0.2, -0.15) is 0 Å². The fourth-order valence-electron chi connectivity index (χ4n) is 1.47. The zero-order valence-corrected chi connectivity index (χ0v) is 10.1. The van der Waals surface area contributed by atoms with E-state index < -0.39 is 0 Å². The van der Waals surface area contributed by atoms with Crippen molar-refractivity contribution in [3.05, 3.63) is 66.0 Å². The number of carbonyl (C=O) groups excluding carboxylic acids is 1. The molecule has 0 atom stereocenters. The largest absolute Gasteiger partial charge is 0.323 e. The summed E-state index contributed by atoms with van der Waals surface area (Å²) in [6, 6.07) is 11.4. The van der Waals surface area contributed by atoms with Gasteiger partial charge < -0.3 is 5.32 Å². The van der Waals surface area contributed by atoms with Gasteiger partial charge >= 0.3 is 0 Å². The summed E-state index contributed by atoms with van der Waals surface area (Å²) >= 11 is 0. The first kappa shape index (κ1) is 12.0. The van der Waals surface area contributed by atoms with Gasteiger partial charge in [-0.3, -0.25) is 9.78 Å². The van der Waals surface area contributed by atoms with Crippen LogP contribution in [0.15, 0.2) is 54.9 Å². The second kappa shape index (κ2) is 5.77. The molecule has 1 amide bonds. The number of hydrogen-bond acceptors (Lipinski definition) is 2. The van der Waals surface area contributed by atoms with Gasteiger partial charge in [-0.15, -0.1) is 0 Å². The Morgan fingerprint density at radius 1 is 1.11 bits per heavy atom. The van der Waals surface area contributed by atoms with Crippen LogP contribution in [0.25, 0.3) is 6.08 Å². The standard InChI is InChI=1S/C15H14N2O/c1-12-2-5-14(6-3-12)17-15(18)7-4-13-8-10-16-11-9-13/h2-11H,1H3,(H,17,18)/b7-4+. The predicted octanol–water partition coefficient (Wildman–Crippen LogP) is 3.04. The maximum atomic E-state index is 11.7. The van der Waals surface area contributed by atoms with Crippen LogP contribution in [0, 0.1) is 6.92 Å². The van der Waals surface area contributed by atoms with Gasteiger partial charge in [-0.05, 0) is 42.8 Å². The molecule has 3 heteroatoms. The van der Waals surface area contributed by atoms with E-state index >= 15 is 0 Å². The molecule has 0 aliphatic rings. The zero-order chi connectivity index (χ0) is 12.8. The van der Waals surface area contributed by atoms with Crippen molar-refractivity contribution < 1.29 is 4.79 Å². The highest BCUT2D eigenvalue weighted by Crippen LogP contribution is 2.08. The van der Waals surface area contributed by atoms with Crippen LogP contribution in [-0.2, 0) is 4.79 Å². The predicted molar refractivity (Wildman–Crippen MR) is 73.1 cm³/mol. The van der Waals surface area contributed by atoms with Crippen molar-refractivity contribution in [3.63, 3.8) is 0 Å². The molecule has 0 bridgehead atoms. The first-order chi connectivity index (χ1) is 8.74. The van der Waals surface area contributed by atoms with Gasteiger partial charge in [-0.1, -0.05) is 17.7 Å². The molecule has 1 aromatic carbocycles. The summed E-state index contributed by atoms with van der Waals surface area (Å²) in [7, 11) is 0. The number of nitrogens with one attached hydrogen (secondary N) is 1. The summed E-state index contributed by atoms with van der Waals surface area (Å²) in [5.74, 6) is -0.143. The van der Waals surface area contributed by atoms with Crippen molar-refractivity contribution in [2.24, 2.45) is 0 Å². The van der Waals surface area contributed by atoms with Crippen molar-refractivity contribution in [1.29, 1.82) is 0 Å². The summed E-state index contributed by atoms with van der Waals surface area (Å²) in [6.07, 6.45) is 6.65. The summed E-state index contributed by atoms with van der Waals surface area (Å²) in [6.45, 7) is 2.01. The third-order valence-electron chi connectivity index (χ3n) is 2.45. The van der Waals surface area contributed by atoms with E-state index in [-0.39, 0.29) is 5.91 Å². The molecule has 0 fully saturated rings. The topological polar surface area (TPSA) is 42.0 Å². The lowest BCUT2D eigenvalue weighted by Gasteiger charge is -2.02. The number of rotatable bonds is 3. The Balaban J connectivity index is 1.97. The number of aryl methyl sites for hydroxylation is 1. The third-order valence-corrected chi connectivity index (χ3v) is 2.45. The van der Waals surface area contributed by atoms with Crippen LogP contribution in [-0.4, -0.2) is 10.9 Å². The minimum atomic E-state index is -0.143. The average Bonchev–Trinajstić information content (AvgIpc) is 2.40. The molecule has 2 rings (SSSR count). The van der Waals surface area contributed by atoms with E-state index in [1.165, 1.54) is 11.6 Å². The van der Waals surface area contributed by atoms with Crippen molar-refractivity contribution in [3.8, 4) is 0 Å². The number of nitrogens with zero attached hydrogens (tertiary/aromatic N) is 1. The zero-order valence-electron chi connectivity index (χ0n) is 10.1. The number of anilines is 1. The van der Waals surface area contributed by atoms with Gasteiger partial charge in [0.15, 0.2) is 0 Å². The normalized spacial score (nSPS) is 10.5. The molecule has 2 aromatic rings. The molecule has 0 unspecified atom stereocenters. The van der Waals surface area contributed by atoms with Gasteiger partial charge in [0.2, 0.25) is 5.91 Å². The lowest BCUT2D eigenvalue weighted by Crippen LogP contribution is -2.07. The summed E-state index contributed by atoms with van der Waals surface area (Å²) < 4.78 is 0. The number of pyridine rings is 1. The number of benzene rings is 1. The van der Waals surface area contributed by atoms with Crippen LogP contribution in [0.5, 0.6) is 0 Å². The molecular weight excluding hydrogens is 224 g/mol. The van der Waals surface area contributed by atoms with E-state index in [0.29, 0.717) is 0 Å². The summed E-state index contributed by atoms with van der Waals surface area (Å²) in [4.78, 5) is 15.6. The lowest BCUT2D eigenvalue weighted by molar-refractivity contribution is -0.111. The number of amides is 1. The SMILES string of the molecule is Cc1ccc(NC(=O)/C=C/c2ccncc2)cc1. The highest BCUT2D eigenvalue weighted by Gasteiger charge is 1.96. The highest BCUT2D eigenvalue weighted by atomic mass is 16.1. The molecule has 1 heterocycles. The van der Waals surface area contributed by atoms with Crippen molar-refractivity contribution in [1.82, 2.24) is 4.98 Å². The Morgan fingerprint density at radius 2 is 1.78 bits per heavy atom. The summed E-state index contributed by atoms with van der Waals surface area (Å²) in [5.41, 5.74) is 2.91. The molecule has 0 radical (unpaired) electrons. The molecule has 0 saturated heterocycles. The first-order valence-corrected chi connectivity index (χ1v) is 5.70. The Bertz CT molecular complexity index is 544. The lowest BCUT2D eigenvalue weighted by atomic mass is 10.2. The molecule has 0 saturated carbocycles. The molecule has 90 valence electrons. The minimum Gasteiger partial charge on any atom is -0.323 e.